The summed E-state index contributed by atoms with van der Waals surface area (Å²) in [6.07, 6.45) is 2.09. The van der Waals surface area contributed by atoms with Gasteiger partial charge < -0.3 is 15.5 Å². The maximum absolute atomic E-state index is 12.2. The summed E-state index contributed by atoms with van der Waals surface area (Å²) >= 11 is 0. The Kier molecular flexibility index (Phi) is 10.4. The lowest BCUT2D eigenvalue weighted by atomic mass is 9.98. The fourth-order valence-electron chi connectivity index (χ4n) is 2.69. The maximum atomic E-state index is 12.2. The van der Waals surface area contributed by atoms with Crippen molar-refractivity contribution in [1.29, 1.82) is 0 Å². The Bertz CT molecular complexity index is 423. The summed E-state index contributed by atoms with van der Waals surface area (Å²) < 4.78 is 0. The molecule has 1 amide bonds. The highest BCUT2D eigenvalue weighted by molar-refractivity contribution is 5.85. The number of carbonyl (C=O) groups is 1. The van der Waals surface area contributed by atoms with Crippen LogP contribution in [0.5, 0.6) is 0 Å². The third-order valence-electron chi connectivity index (χ3n) is 3.95. The molecule has 1 aliphatic heterocycles. The van der Waals surface area contributed by atoms with Gasteiger partial charge in [0.2, 0.25) is 5.91 Å². The Hall–Kier alpha value is -0.810. The van der Waals surface area contributed by atoms with Crippen molar-refractivity contribution in [1.82, 2.24) is 15.5 Å². The number of amides is 1. The van der Waals surface area contributed by atoms with Gasteiger partial charge in [-0.2, -0.15) is 0 Å². The van der Waals surface area contributed by atoms with Gasteiger partial charge >= 0.3 is 0 Å². The van der Waals surface area contributed by atoms with Crippen molar-refractivity contribution in [3.8, 4) is 0 Å². The van der Waals surface area contributed by atoms with Crippen LogP contribution in [0.3, 0.4) is 0 Å². The van der Waals surface area contributed by atoms with Gasteiger partial charge in [0.1, 0.15) is 0 Å². The first-order chi connectivity index (χ1) is 9.68. The van der Waals surface area contributed by atoms with Crippen molar-refractivity contribution >= 4 is 30.7 Å². The number of likely N-dealkylation sites (N-methyl/N-ethyl adjacent to an activating group) is 1. The fraction of sp³-hybridized carbons (Fsp3) is 0.562. The van der Waals surface area contributed by atoms with Crippen LogP contribution in [0, 0.1) is 5.92 Å². The van der Waals surface area contributed by atoms with Gasteiger partial charge in [0.15, 0.2) is 0 Å². The summed E-state index contributed by atoms with van der Waals surface area (Å²) in [7, 11) is 4.10. The van der Waals surface area contributed by atoms with Gasteiger partial charge in [-0.15, -0.1) is 24.8 Å². The number of piperidine rings is 1. The Labute approximate surface area is 145 Å². The molecular formula is C16H27Cl2N3O. The Morgan fingerprint density at radius 2 is 2.00 bits per heavy atom. The number of hydrogen-bond donors (Lipinski definition) is 2. The van der Waals surface area contributed by atoms with Crippen molar-refractivity contribution in [2.45, 2.75) is 18.9 Å². The topological polar surface area (TPSA) is 44.4 Å². The Balaban J connectivity index is 0.00000220. The molecule has 1 aromatic rings. The summed E-state index contributed by atoms with van der Waals surface area (Å²) in [5, 5.41) is 6.40. The van der Waals surface area contributed by atoms with E-state index in [1.54, 1.807) is 0 Å². The molecule has 1 saturated heterocycles. The van der Waals surface area contributed by atoms with Gasteiger partial charge in [-0.25, -0.2) is 0 Å². The van der Waals surface area contributed by atoms with Crippen LogP contribution in [0.1, 0.15) is 24.4 Å². The molecule has 1 aliphatic rings. The first kappa shape index (κ1) is 21.2. The second-order valence-electron chi connectivity index (χ2n) is 5.68. The molecule has 6 heteroatoms. The zero-order valence-electron chi connectivity index (χ0n) is 13.2. The smallest absolute Gasteiger partial charge is 0.224 e. The summed E-state index contributed by atoms with van der Waals surface area (Å²) in [4.78, 5) is 14.3. The molecule has 1 aromatic carbocycles. The highest BCUT2D eigenvalue weighted by Gasteiger charge is 2.22. The van der Waals surface area contributed by atoms with Crippen LogP contribution in [0.25, 0.3) is 0 Å². The molecule has 0 spiro atoms. The minimum atomic E-state index is 0. The maximum Gasteiger partial charge on any atom is 0.224 e. The number of halogens is 2. The third kappa shape index (κ3) is 6.13. The van der Waals surface area contributed by atoms with Crippen molar-refractivity contribution in [3.63, 3.8) is 0 Å². The number of hydrogen-bond acceptors (Lipinski definition) is 3. The summed E-state index contributed by atoms with van der Waals surface area (Å²) in [6, 6.07) is 10.5. The quantitative estimate of drug-likeness (QED) is 0.858. The molecule has 2 atom stereocenters. The van der Waals surface area contributed by atoms with Crippen LogP contribution >= 0.6 is 24.8 Å². The molecule has 0 bridgehead atoms. The van der Waals surface area contributed by atoms with E-state index in [4.69, 9.17) is 0 Å². The van der Waals surface area contributed by atoms with Crippen LogP contribution in [-0.2, 0) is 4.79 Å². The first-order valence-electron chi connectivity index (χ1n) is 7.38. The van der Waals surface area contributed by atoms with Crippen LogP contribution in [0.2, 0.25) is 0 Å². The zero-order valence-corrected chi connectivity index (χ0v) is 14.9. The Morgan fingerprint density at radius 3 is 2.55 bits per heavy atom. The minimum Gasteiger partial charge on any atom is -0.354 e. The second kappa shape index (κ2) is 10.8. The molecule has 2 unspecified atom stereocenters. The van der Waals surface area contributed by atoms with Crippen LogP contribution < -0.4 is 10.6 Å². The van der Waals surface area contributed by atoms with E-state index in [2.05, 4.69) is 27.7 Å². The number of rotatable bonds is 5. The minimum absolute atomic E-state index is 0. The lowest BCUT2D eigenvalue weighted by Gasteiger charge is -2.27. The molecule has 4 nitrogen and oxygen atoms in total. The summed E-state index contributed by atoms with van der Waals surface area (Å²) in [5.41, 5.74) is 1.24. The van der Waals surface area contributed by atoms with E-state index >= 15 is 0 Å². The zero-order chi connectivity index (χ0) is 14.4. The molecule has 1 heterocycles. The average Bonchev–Trinajstić information content (AvgIpc) is 2.49. The second-order valence-corrected chi connectivity index (χ2v) is 5.68. The van der Waals surface area contributed by atoms with E-state index in [0.717, 1.165) is 25.9 Å². The summed E-state index contributed by atoms with van der Waals surface area (Å²) in [6.45, 7) is 2.50. The van der Waals surface area contributed by atoms with Crippen molar-refractivity contribution < 1.29 is 4.79 Å². The number of nitrogens with one attached hydrogen (secondary N) is 2. The van der Waals surface area contributed by atoms with Gasteiger partial charge in [-0.3, -0.25) is 4.79 Å². The molecule has 22 heavy (non-hydrogen) atoms. The molecule has 2 N–H and O–H groups in total. The fourth-order valence-corrected chi connectivity index (χ4v) is 2.69. The van der Waals surface area contributed by atoms with E-state index in [9.17, 15) is 4.79 Å². The van der Waals surface area contributed by atoms with E-state index in [-0.39, 0.29) is 42.7 Å². The van der Waals surface area contributed by atoms with E-state index in [1.165, 1.54) is 5.56 Å². The molecule has 2 rings (SSSR count). The molecule has 1 fully saturated rings. The number of benzene rings is 1. The molecule has 0 aliphatic carbocycles. The molecule has 0 radical (unpaired) electrons. The molecule has 0 saturated carbocycles. The van der Waals surface area contributed by atoms with Crippen LogP contribution in [0.4, 0.5) is 0 Å². The molecule has 0 aromatic heterocycles. The van der Waals surface area contributed by atoms with Crippen LogP contribution in [-0.4, -0.2) is 44.5 Å². The van der Waals surface area contributed by atoms with Crippen molar-refractivity contribution in [3.05, 3.63) is 35.9 Å². The van der Waals surface area contributed by atoms with E-state index in [0.29, 0.717) is 6.54 Å². The predicted octanol–water partition coefficient (Wildman–Crippen LogP) is 2.25. The monoisotopic (exact) mass is 347 g/mol. The Morgan fingerprint density at radius 1 is 1.32 bits per heavy atom. The van der Waals surface area contributed by atoms with Gasteiger partial charge in [0, 0.05) is 13.1 Å². The normalized spacial score (nSPS) is 18.8. The standard InChI is InChI=1S/C16H25N3O.2ClH/c1-19(2)15(13-7-4-3-5-8-13)12-18-16(20)14-9-6-10-17-11-14;;/h3-5,7-8,14-15,17H,6,9-12H2,1-2H3,(H,18,20);2*1H. The average molecular weight is 348 g/mol. The van der Waals surface area contributed by atoms with Crippen molar-refractivity contribution in [2.24, 2.45) is 5.92 Å². The highest BCUT2D eigenvalue weighted by atomic mass is 35.5. The van der Waals surface area contributed by atoms with Gasteiger partial charge in [-0.1, -0.05) is 30.3 Å². The van der Waals surface area contributed by atoms with Gasteiger partial charge in [0.05, 0.1) is 12.0 Å². The van der Waals surface area contributed by atoms with Gasteiger partial charge in [-0.05, 0) is 39.0 Å². The van der Waals surface area contributed by atoms with Crippen LogP contribution in [0.15, 0.2) is 30.3 Å². The van der Waals surface area contributed by atoms with Crippen molar-refractivity contribution in [2.75, 3.05) is 33.7 Å². The molecular weight excluding hydrogens is 321 g/mol. The largest absolute Gasteiger partial charge is 0.354 e. The lowest BCUT2D eigenvalue weighted by molar-refractivity contribution is -0.125. The number of carbonyl (C=O) groups excluding carboxylic acids is 1. The SMILES string of the molecule is CN(C)C(CNC(=O)C1CCCNC1)c1ccccc1.Cl.Cl. The van der Waals surface area contributed by atoms with Gasteiger partial charge in [0.25, 0.3) is 0 Å². The summed E-state index contributed by atoms with van der Waals surface area (Å²) in [5.74, 6) is 0.308. The third-order valence-corrected chi connectivity index (χ3v) is 3.95. The van der Waals surface area contributed by atoms with E-state index in [1.807, 2.05) is 32.3 Å². The first-order valence-corrected chi connectivity index (χ1v) is 7.38. The van der Waals surface area contributed by atoms with E-state index < -0.39 is 0 Å². The predicted molar refractivity (Wildman–Crippen MR) is 96.0 cm³/mol. The lowest BCUT2D eigenvalue weighted by Crippen LogP contribution is -2.43. The number of nitrogens with zero attached hydrogens (tertiary/aromatic N) is 1. The molecule has 126 valence electrons. The highest BCUT2D eigenvalue weighted by Crippen LogP contribution is 2.17.